The summed E-state index contributed by atoms with van der Waals surface area (Å²) in [5.41, 5.74) is 0.442. The molecule has 0 saturated carbocycles. The summed E-state index contributed by atoms with van der Waals surface area (Å²) in [4.78, 5) is 26.9. The number of carbonyl (C=O) groups excluding carboxylic acids is 1. The fourth-order valence-electron chi connectivity index (χ4n) is 2.38. The summed E-state index contributed by atoms with van der Waals surface area (Å²) in [5, 5.41) is 22.5. The molecule has 0 aliphatic rings. The van der Waals surface area contributed by atoms with Crippen LogP contribution >= 0.6 is 23.2 Å². The first-order valence-corrected chi connectivity index (χ1v) is 8.34. The average Bonchev–Trinajstić information content (AvgIpc) is 3.15. The van der Waals surface area contributed by atoms with Gasteiger partial charge in [-0.1, -0.05) is 29.3 Å². The molecule has 1 amide bonds. The number of nitrogens with one attached hydrogen (secondary N) is 1. The van der Waals surface area contributed by atoms with Crippen molar-refractivity contribution >= 4 is 40.7 Å². The van der Waals surface area contributed by atoms with E-state index in [0.29, 0.717) is 16.6 Å². The number of aryl methyl sites for hydroxylation is 1. The number of anilines is 1. The fourth-order valence-corrected chi connectivity index (χ4v) is 2.70. The van der Waals surface area contributed by atoms with Crippen LogP contribution in [0.5, 0.6) is 0 Å². The van der Waals surface area contributed by atoms with Crippen LogP contribution in [-0.4, -0.2) is 35.4 Å². The Bertz CT molecular complexity index is 1040. The molecule has 0 unspecified atom stereocenters. The Labute approximate surface area is 162 Å². The third-order valence-electron chi connectivity index (χ3n) is 3.79. The number of nitrogens with zero attached hydrogens (tertiary/aromatic N) is 6. The molecule has 0 aliphatic heterocycles. The lowest BCUT2D eigenvalue weighted by molar-refractivity contribution is -0.385. The highest BCUT2D eigenvalue weighted by Crippen LogP contribution is 2.24. The van der Waals surface area contributed by atoms with Crippen molar-refractivity contribution in [2.24, 2.45) is 7.05 Å². The van der Waals surface area contributed by atoms with Gasteiger partial charge in [0.15, 0.2) is 0 Å². The molecule has 2 aromatic heterocycles. The Morgan fingerprint density at radius 1 is 1.30 bits per heavy atom. The summed E-state index contributed by atoms with van der Waals surface area (Å²) < 4.78 is 2.75. The fraction of sp³-hybridized carbons (Fsp3) is 0.200. The maximum atomic E-state index is 12.3. The van der Waals surface area contributed by atoms with E-state index in [4.69, 9.17) is 23.2 Å². The van der Waals surface area contributed by atoms with E-state index < -0.39 is 10.8 Å². The van der Waals surface area contributed by atoms with Gasteiger partial charge in [0.1, 0.15) is 12.0 Å². The SMILES string of the molecule is Cc1c([N+](=O)[O-])c(C(=O)Nc2ncn(Cc3ccc(Cl)c(Cl)c3)n2)nn1C. The van der Waals surface area contributed by atoms with E-state index in [2.05, 4.69) is 20.5 Å². The molecule has 3 rings (SSSR count). The van der Waals surface area contributed by atoms with Crippen molar-refractivity contribution in [1.29, 1.82) is 0 Å². The van der Waals surface area contributed by atoms with Gasteiger partial charge in [-0.2, -0.15) is 5.10 Å². The largest absolute Gasteiger partial charge is 0.322 e. The molecule has 10 nitrogen and oxygen atoms in total. The van der Waals surface area contributed by atoms with Crippen molar-refractivity contribution in [1.82, 2.24) is 24.5 Å². The minimum absolute atomic E-state index is 0.00216. The van der Waals surface area contributed by atoms with Crippen molar-refractivity contribution in [2.45, 2.75) is 13.5 Å². The lowest BCUT2D eigenvalue weighted by Crippen LogP contribution is -2.16. The van der Waals surface area contributed by atoms with Gasteiger partial charge < -0.3 is 0 Å². The number of aromatic nitrogens is 5. The number of carbonyl (C=O) groups is 1. The van der Waals surface area contributed by atoms with Crippen LogP contribution in [-0.2, 0) is 13.6 Å². The predicted molar refractivity (Wildman–Crippen MR) is 98.1 cm³/mol. The van der Waals surface area contributed by atoms with Gasteiger partial charge in [0.25, 0.3) is 5.91 Å². The Kier molecular flexibility index (Phi) is 5.10. The van der Waals surface area contributed by atoms with Crippen LogP contribution < -0.4 is 5.32 Å². The quantitative estimate of drug-likeness (QED) is 0.510. The first-order valence-electron chi connectivity index (χ1n) is 7.59. The summed E-state index contributed by atoms with van der Waals surface area (Å²) in [5.74, 6) is -0.768. The number of amides is 1. The van der Waals surface area contributed by atoms with Gasteiger partial charge in [0.05, 0.1) is 21.5 Å². The molecule has 0 saturated heterocycles. The summed E-state index contributed by atoms with van der Waals surface area (Å²) in [6.45, 7) is 1.86. The monoisotopic (exact) mass is 409 g/mol. The second kappa shape index (κ2) is 7.33. The van der Waals surface area contributed by atoms with Crippen LogP contribution in [0.4, 0.5) is 11.6 Å². The van der Waals surface area contributed by atoms with Gasteiger partial charge in [0, 0.05) is 7.05 Å². The molecule has 0 aliphatic carbocycles. The minimum Gasteiger partial charge on any atom is -0.287 e. The third-order valence-corrected chi connectivity index (χ3v) is 4.53. The van der Waals surface area contributed by atoms with Crippen LogP contribution in [0.3, 0.4) is 0 Å². The molecular weight excluding hydrogens is 397 g/mol. The summed E-state index contributed by atoms with van der Waals surface area (Å²) in [6.07, 6.45) is 1.41. The number of halogens is 2. The normalized spacial score (nSPS) is 10.8. The number of hydrogen-bond donors (Lipinski definition) is 1. The Balaban J connectivity index is 1.76. The molecular formula is C15H13Cl2N7O3. The van der Waals surface area contributed by atoms with Gasteiger partial charge in [-0.15, -0.1) is 5.10 Å². The van der Waals surface area contributed by atoms with Gasteiger partial charge in [-0.3, -0.25) is 24.9 Å². The Hall–Kier alpha value is -2.98. The van der Waals surface area contributed by atoms with Crippen LogP contribution in [0.25, 0.3) is 0 Å². The number of benzene rings is 1. The zero-order valence-corrected chi connectivity index (χ0v) is 15.7. The standard InChI is InChI=1S/C15H13Cl2N7O3/c1-8-13(24(26)27)12(20-22(8)2)14(25)19-15-18-7-23(21-15)6-9-3-4-10(16)11(17)5-9/h3-5,7H,6H2,1-2H3,(H,19,21,25). The van der Waals surface area contributed by atoms with E-state index in [0.717, 1.165) is 5.56 Å². The zero-order chi connectivity index (χ0) is 19.7. The van der Waals surface area contributed by atoms with E-state index in [1.165, 1.54) is 29.7 Å². The molecule has 27 heavy (non-hydrogen) atoms. The molecule has 0 spiro atoms. The van der Waals surface area contributed by atoms with Crippen LogP contribution in [0, 0.1) is 17.0 Å². The molecule has 12 heteroatoms. The van der Waals surface area contributed by atoms with E-state index in [1.54, 1.807) is 18.2 Å². The lowest BCUT2D eigenvalue weighted by Gasteiger charge is -2.03. The van der Waals surface area contributed by atoms with Crippen molar-refractivity contribution in [2.75, 3.05) is 5.32 Å². The number of hydrogen-bond acceptors (Lipinski definition) is 6. The molecule has 0 radical (unpaired) electrons. The van der Waals surface area contributed by atoms with Crippen molar-refractivity contribution in [3.63, 3.8) is 0 Å². The van der Waals surface area contributed by atoms with Crippen LogP contribution in [0.15, 0.2) is 24.5 Å². The highest BCUT2D eigenvalue weighted by Gasteiger charge is 2.29. The number of nitro groups is 1. The van der Waals surface area contributed by atoms with E-state index in [-0.39, 0.29) is 23.0 Å². The smallest absolute Gasteiger partial charge is 0.287 e. The van der Waals surface area contributed by atoms with Gasteiger partial charge in [0.2, 0.25) is 11.6 Å². The summed E-state index contributed by atoms with van der Waals surface area (Å²) in [6, 6.07) is 5.15. The maximum absolute atomic E-state index is 12.3. The van der Waals surface area contributed by atoms with Crippen LogP contribution in [0.2, 0.25) is 10.0 Å². The third kappa shape index (κ3) is 3.91. The molecule has 1 aromatic carbocycles. The highest BCUT2D eigenvalue weighted by atomic mass is 35.5. The van der Waals surface area contributed by atoms with Crippen molar-refractivity contribution in [3.05, 3.63) is 61.6 Å². The van der Waals surface area contributed by atoms with E-state index in [1.807, 2.05) is 0 Å². The second-order valence-electron chi connectivity index (χ2n) is 5.63. The predicted octanol–water partition coefficient (Wildman–Crippen LogP) is 2.84. The first-order chi connectivity index (χ1) is 12.8. The molecule has 1 N–H and O–H groups in total. The molecule has 0 fully saturated rings. The second-order valence-corrected chi connectivity index (χ2v) is 6.45. The highest BCUT2D eigenvalue weighted by molar-refractivity contribution is 6.42. The van der Waals surface area contributed by atoms with Crippen molar-refractivity contribution < 1.29 is 9.72 Å². The van der Waals surface area contributed by atoms with Gasteiger partial charge >= 0.3 is 5.69 Å². The average molecular weight is 410 g/mol. The molecule has 0 bridgehead atoms. The summed E-state index contributed by atoms with van der Waals surface area (Å²) >= 11 is 11.9. The lowest BCUT2D eigenvalue weighted by atomic mass is 10.2. The zero-order valence-electron chi connectivity index (χ0n) is 14.2. The van der Waals surface area contributed by atoms with E-state index in [9.17, 15) is 14.9 Å². The topological polar surface area (TPSA) is 121 Å². The van der Waals surface area contributed by atoms with Crippen LogP contribution in [0.1, 0.15) is 21.7 Å². The molecule has 0 atom stereocenters. The minimum atomic E-state index is -0.766. The first kappa shape index (κ1) is 18.8. The molecule has 140 valence electrons. The maximum Gasteiger partial charge on any atom is 0.322 e. The van der Waals surface area contributed by atoms with Gasteiger partial charge in [-0.05, 0) is 24.6 Å². The summed E-state index contributed by atoms with van der Waals surface area (Å²) in [7, 11) is 1.52. The molecule has 2 heterocycles. The van der Waals surface area contributed by atoms with Crippen molar-refractivity contribution in [3.8, 4) is 0 Å². The Morgan fingerprint density at radius 3 is 2.70 bits per heavy atom. The van der Waals surface area contributed by atoms with E-state index >= 15 is 0 Å². The van der Waals surface area contributed by atoms with Gasteiger partial charge in [-0.25, -0.2) is 9.67 Å². The molecule has 3 aromatic rings. The number of rotatable bonds is 5. The Morgan fingerprint density at radius 2 is 2.04 bits per heavy atom.